The Morgan fingerprint density at radius 1 is 1.05 bits per heavy atom. The molecule has 3 heteroatoms. The monoisotopic (exact) mass is 395 g/mol. The quantitative estimate of drug-likeness (QED) is 0.710. The number of benzene rings is 2. The molecule has 0 radical (unpaired) electrons. The molecular weight excluding hydrogens is 373 g/mol. The van der Waals surface area contributed by atoms with Crippen molar-refractivity contribution in [1.82, 2.24) is 5.32 Å². The average molecular weight is 395 g/mol. The SMILES string of the molecule is CCNC(Cc1ccc(I)cc1)C(OC)c1ccccc1. The second-order valence-electron chi connectivity index (χ2n) is 5.06. The van der Waals surface area contributed by atoms with E-state index in [9.17, 15) is 0 Å². The van der Waals surface area contributed by atoms with Gasteiger partial charge in [0.25, 0.3) is 0 Å². The van der Waals surface area contributed by atoms with Gasteiger partial charge in [-0.15, -0.1) is 0 Å². The largest absolute Gasteiger partial charge is 0.375 e. The number of halogens is 1. The van der Waals surface area contributed by atoms with Crippen molar-refractivity contribution >= 4 is 22.6 Å². The third kappa shape index (κ3) is 4.80. The lowest BCUT2D eigenvalue weighted by Crippen LogP contribution is -2.37. The molecule has 0 fully saturated rings. The number of rotatable bonds is 7. The van der Waals surface area contributed by atoms with Crippen LogP contribution in [0.1, 0.15) is 24.2 Å². The summed E-state index contributed by atoms with van der Waals surface area (Å²) in [4.78, 5) is 0. The first kappa shape index (κ1) is 16.5. The van der Waals surface area contributed by atoms with E-state index in [4.69, 9.17) is 4.74 Å². The Hall–Kier alpha value is -0.910. The zero-order valence-electron chi connectivity index (χ0n) is 12.6. The van der Waals surface area contributed by atoms with E-state index in [0.29, 0.717) is 0 Å². The van der Waals surface area contributed by atoms with Crippen LogP contribution < -0.4 is 5.32 Å². The summed E-state index contributed by atoms with van der Waals surface area (Å²) in [5.74, 6) is 0. The fraction of sp³-hybridized carbons (Fsp3) is 0.333. The first-order valence-corrected chi connectivity index (χ1v) is 8.38. The second kappa shape index (κ2) is 8.51. The van der Waals surface area contributed by atoms with E-state index >= 15 is 0 Å². The molecule has 0 heterocycles. The lowest BCUT2D eigenvalue weighted by molar-refractivity contribution is 0.0684. The third-order valence-electron chi connectivity index (χ3n) is 3.58. The molecule has 0 aliphatic rings. The number of likely N-dealkylation sites (N-methyl/N-ethyl adjacent to an activating group) is 1. The smallest absolute Gasteiger partial charge is 0.0977 e. The molecule has 0 bridgehead atoms. The summed E-state index contributed by atoms with van der Waals surface area (Å²) in [5.41, 5.74) is 2.55. The molecule has 0 saturated carbocycles. The van der Waals surface area contributed by atoms with E-state index in [2.05, 4.69) is 83.4 Å². The highest BCUT2D eigenvalue weighted by molar-refractivity contribution is 14.1. The highest BCUT2D eigenvalue weighted by Gasteiger charge is 2.22. The minimum Gasteiger partial charge on any atom is -0.375 e. The Morgan fingerprint density at radius 2 is 1.71 bits per heavy atom. The van der Waals surface area contributed by atoms with Crippen molar-refractivity contribution in [2.75, 3.05) is 13.7 Å². The van der Waals surface area contributed by atoms with Gasteiger partial charge in [-0.2, -0.15) is 0 Å². The molecule has 0 saturated heterocycles. The predicted molar refractivity (Wildman–Crippen MR) is 96.5 cm³/mol. The van der Waals surface area contributed by atoms with E-state index in [-0.39, 0.29) is 12.1 Å². The molecule has 2 atom stereocenters. The molecule has 1 N–H and O–H groups in total. The number of hydrogen-bond acceptors (Lipinski definition) is 2. The summed E-state index contributed by atoms with van der Waals surface area (Å²) < 4.78 is 7.05. The van der Waals surface area contributed by atoms with E-state index in [1.54, 1.807) is 7.11 Å². The number of hydrogen-bond donors (Lipinski definition) is 1. The Balaban J connectivity index is 2.18. The van der Waals surface area contributed by atoms with Crippen LogP contribution in [0.4, 0.5) is 0 Å². The summed E-state index contributed by atoms with van der Waals surface area (Å²) in [6.07, 6.45) is 1.02. The molecule has 2 aromatic carbocycles. The molecule has 112 valence electrons. The molecule has 0 spiro atoms. The maximum Gasteiger partial charge on any atom is 0.0977 e. The lowest BCUT2D eigenvalue weighted by atomic mass is 9.96. The standard InChI is InChI=1S/C18H22INO/c1-3-20-17(13-14-9-11-16(19)12-10-14)18(21-2)15-7-5-4-6-8-15/h4-12,17-18,20H,3,13H2,1-2H3. The first-order chi connectivity index (χ1) is 10.2. The topological polar surface area (TPSA) is 21.3 Å². The van der Waals surface area contributed by atoms with Gasteiger partial charge >= 0.3 is 0 Å². The van der Waals surface area contributed by atoms with Gasteiger partial charge in [0.15, 0.2) is 0 Å². The Kier molecular flexibility index (Phi) is 6.67. The predicted octanol–water partition coefficient (Wildman–Crippen LogP) is 4.20. The zero-order chi connectivity index (χ0) is 15.1. The Labute approximate surface area is 141 Å². The van der Waals surface area contributed by atoms with Crippen molar-refractivity contribution < 1.29 is 4.74 Å². The molecule has 21 heavy (non-hydrogen) atoms. The van der Waals surface area contributed by atoms with E-state index in [1.807, 2.05) is 6.07 Å². The van der Waals surface area contributed by atoms with Crippen LogP contribution in [0.15, 0.2) is 54.6 Å². The van der Waals surface area contributed by atoms with Gasteiger partial charge in [-0.3, -0.25) is 0 Å². The van der Waals surface area contributed by atoms with Crippen LogP contribution in [0.3, 0.4) is 0 Å². The normalized spacial score (nSPS) is 13.9. The van der Waals surface area contributed by atoms with Crippen molar-refractivity contribution in [1.29, 1.82) is 0 Å². The van der Waals surface area contributed by atoms with Crippen LogP contribution in [0, 0.1) is 3.57 Å². The van der Waals surface area contributed by atoms with Crippen molar-refractivity contribution in [3.05, 3.63) is 69.3 Å². The molecule has 2 nitrogen and oxygen atoms in total. The highest BCUT2D eigenvalue weighted by atomic mass is 127. The fourth-order valence-corrected chi connectivity index (χ4v) is 2.96. The van der Waals surface area contributed by atoms with Gasteiger partial charge in [0.1, 0.15) is 0 Å². The molecule has 0 aliphatic heterocycles. The molecule has 2 rings (SSSR count). The van der Waals surface area contributed by atoms with Crippen LogP contribution in [0.25, 0.3) is 0 Å². The lowest BCUT2D eigenvalue weighted by Gasteiger charge is -2.27. The van der Waals surface area contributed by atoms with E-state index in [1.165, 1.54) is 14.7 Å². The summed E-state index contributed by atoms with van der Waals surface area (Å²) in [5, 5.41) is 3.57. The second-order valence-corrected chi connectivity index (χ2v) is 6.31. The van der Waals surface area contributed by atoms with Crippen molar-refractivity contribution in [3.63, 3.8) is 0 Å². The summed E-state index contributed by atoms with van der Waals surface area (Å²) in [6, 6.07) is 19.4. The molecule has 0 aromatic heterocycles. The van der Waals surface area contributed by atoms with Crippen molar-refractivity contribution in [2.45, 2.75) is 25.5 Å². The zero-order valence-corrected chi connectivity index (χ0v) is 14.7. The third-order valence-corrected chi connectivity index (χ3v) is 4.30. The van der Waals surface area contributed by atoms with Gasteiger partial charge in [0, 0.05) is 16.7 Å². The summed E-state index contributed by atoms with van der Waals surface area (Å²) >= 11 is 2.34. The van der Waals surface area contributed by atoms with Gasteiger partial charge in [-0.25, -0.2) is 0 Å². The van der Waals surface area contributed by atoms with Gasteiger partial charge in [0.2, 0.25) is 0 Å². The van der Waals surface area contributed by atoms with Gasteiger partial charge in [0.05, 0.1) is 6.10 Å². The Bertz CT molecular complexity index is 527. The number of nitrogens with one attached hydrogen (secondary N) is 1. The average Bonchev–Trinajstić information content (AvgIpc) is 2.51. The maximum absolute atomic E-state index is 5.78. The maximum atomic E-state index is 5.78. The minimum absolute atomic E-state index is 0.0606. The first-order valence-electron chi connectivity index (χ1n) is 7.30. The van der Waals surface area contributed by atoms with Crippen LogP contribution in [0.5, 0.6) is 0 Å². The Morgan fingerprint density at radius 3 is 2.29 bits per heavy atom. The van der Waals surface area contributed by atoms with Crippen LogP contribution in [0.2, 0.25) is 0 Å². The van der Waals surface area contributed by atoms with E-state index < -0.39 is 0 Å². The van der Waals surface area contributed by atoms with Gasteiger partial charge < -0.3 is 10.1 Å². The van der Waals surface area contributed by atoms with Crippen LogP contribution in [-0.2, 0) is 11.2 Å². The molecular formula is C18H22INO. The van der Waals surface area contributed by atoms with Gasteiger partial charge in [-0.1, -0.05) is 49.4 Å². The van der Waals surface area contributed by atoms with E-state index in [0.717, 1.165) is 13.0 Å². The minimum atomic E-state index is 0.0606. The fourth-order valence-electron chi connectivity index (χ4n) is 2.60. The summed E-state index contributed by atoms with van der Waals surface area (Å²) in [7, 11) is 1.79. The van der Waals surface area contributed by atoms with Crippen LogP contribution in [-0.4, -0.2) is 19.7 Å². The van der Waals surface area contributed by atoms with Crippen LogP contribution >= 0.6 is 22.6 Å². The molecule has 2 unspecified atom stereocenters. The van der Waals surface area contributed by atoms with Gasteiger partial charge in [-0.05, 0) is 58.8 Å². The summed E-state index contributed by atoms with van der Waals surface area (Å²) in [6.45, 7) is 3.07. The molecule has 0 aliphatic carbocycles. The van der Waals surface area contributed by atoms with Crippen molar-refractivity contribution in [3.8, 4) is 0 Å². The molecule has 0 amide bonds. The number of methoxy groups -OCH3 is 1. The highest BCUT2D eigenvalue weighted by Crippen LogP contribution is 2.23. The van der Waals surface area contributed by atoms with Crippen molar-refractivity contribution in [2.24, 2.45) is 0 Å². The number of ether oxygens (including phenoxy) is 1. The molecule has 2 aromatic rings.